The molecule has 0 aliphatic heterocycles. The highest BCUT2D eigenvalue weighted by Crippen LogP contribution is 2.12. The summed E-state index contributed by atoms with van der Waals surface area (Å²) in [7, 11) is 0. The molecule has 0 amide bonds. The second-order valence-electron chi connectivity index (χ2n) is 4.21. The fourth-order valence-electron chi connectivity index (χ4n) is 1.51. The number of rotatable bonds is 12. The van der Waals surface area contributed by atoms with Crippen molar-refractivity contribution in [2.75, 3.05) is 11.0 Å². The van der Waals surface area contributed by atoms with Gasteiger partial charge in [-0.1, -0.05) is 68.2 Å². The molecule has 3 heteroatoms. The highest BCUT2D eigenvalue weighted by molar-refractivity contribution is 14.1. The van der Waals surface area contributed by atoms with Crippen molar-refractivity contribution in [2.24, 2.45) is 0 Å². The van der Waals surface area contributed by atoms with Crippen molar-refractivity contribution in [2.45, 2.75) is 64.8 Å². The van der Waals surface area contributed by atoms with Crippen molar-refractivity contribution in [3.8, 4) is 0 Å². The largest absolute Gasteiger partial charge is 0.352 e. The van der Waals surface area contributed by atoms with Crippen LogP contribution >= 0.6 is 22.6 Å². The molecule has 0 rings (SSSR count). The number of ether oxygens (including phenoxy) is 2. The minimum absolute atomic E-state index is 0.0771. The van der Waals surface area contributed by atoms with Crippen LogP contribution in [-0.2, 0) is 9.47 Å². The molecule has 0 aromatic rings. The molecule has 0 bridgehead atoms. The Balaban J connectivity index is 3.81. The van der Waals surface area contributed by atoms with Crippen LogP contribution in [0, 0.1) is 0 Å². The van der Waals surface area contributed by atoms with Crippen LogP contribution < -0.4 is 0 Å². The number of halogens is 1. The van der Waals surface area contributed by atoms with Crippen molar-refractivity contribution in [1.82, 2.24) is 0 Å². The van der Waals surface area contributed by atoms with Crippen LogP contribution in [0.25, 0.3) is 0 Å². The number of alkyl halides is 1. The van der Waals surface area contributed by atoms with Crippen LogP contribution in [0.4, 0.5) is 0 Å². The van der Waals surface area contributed by atoms with E-state index in [1.54, 1.807) is 0 Å². The molecule has 2 nitrogen and oxygen atoms in total. The Hall–Kier alpha value is 0.390. The molecule has 17 heavy (non-hydrogen) atoms. The summed E-state index contributed by atoms with van der Waals surface area (Å²) in [6.07, 6.45) is 9.00. The smallest absolute Gasteiger partial charge is 0.167 e. The van der Waals surface area contributed by atoms with Gasteiger partial charge in [-0.25, -0.2) is 0 Å². The first kappa shape index (κ1) is 17.4. The highest BCUT2D eigenvalue weighted by Gasteiger charge is 2.13. The highest BCUT2D eigenvalue weighted by atomic mass is 127. The van der Waals surface area contributed by atoms with Gasteiger partial charge >= 0.3 is 0 Å². The van der Waals surface area contributed by atoms with Crippen LogP contribution in [0.3, 0.4) is 0 Å². The van der Waals surface area contributed by atoms with Crippen LogP contribution in [0.2, 0.25) is 0 Å². The molecule has 0 saturated heterocycles. The summed E-state index contributed by atoms with van der Waals surface area (Å²) in [4.78, 5) is 0. The molecule has 2 unspecified atom stereocenters. The third-order valence-corrected chi connectivity index (χ3v) is 3.33. The van der Waals surface area contributed by atoms with E-state index in [0.29, 0.717) is 0 Å². The zero-order valence-electron chi connectivity index (χ0n) is 11.3. The van der Waals surface area contributed by atoms with Crippen LogP contribution in [0.1, 0.15) is 52.4 Å². The summed E-state index contributed by atoms with van der Waals surface area (Å²) in [5.41, 5.74) is 0. The Morgan fingerprint density at radius 1 is 1.18 bits per heavy atom. The maximum Gasteiger partial charge on any atom is 0.167 e. The van der Waals surface area contributed by atoms with Gasteiger partial charge < -0.3 is 9.47 Å². The van der Waals surface area contributed by atoms with E-state index in [4.69, 9.17) is 9.47 Å². The summed E-state index contributed by atoms with van der Waals surface area (Å²) in [6.45, 7) is 9.02. The number of unbranched alkanes of at least 4 members (excludes halogenated alkanes) is 3. The normalized spacial score (nSPS) is 14.5. The lowest BCUT2D eigenvalue weighted by atomic mass is 10.1. The average Bonchev–Trinajstić information content (AvgIpc) is 2.36. The molecule has 0 aromatic heterocycles. The summed E-state index contributed by atoms with van der Waals surface area (Å²) in [5, 5.41) is 0. The Morgan fingerprint density at radius 2 is 1.88 bits per heavy atom. The Labute approximate surface area is 120 Å². The zero-order valence-corrected chi connectivity index (χ0v) is 13.4. The van der Waals surface area contributed by atoms with E-state index in [1.165, 1.54) is 19.3 Å². The second kappa shape index (κ2) is 12.8. The Morgan fingerprint density at radius 3 is 2.41 bits per heavy atom. The summed E-state index contributed by atoms with van der Waals surface area (Å²) in [6, 6.07) is 0. The van der Waals surface area contributed by atoms with Crippen LogP contribution in [-0.4, -0.2) is 23.4 Å². The van der Waals surface area contributed by atoms with E-state index in [1.807, 2.05) is 6.08 Å². The molecule has 0 aliphatic rings. The molecular weight excluding hydrogens is 327 g/mol. The van der Waals surface area contributed by atoms with Crippen LogP contribution in [0.15, 0.2) is 12.7 Å². The van der Waals surface area contributed by atoms with Gasteiger partial charge in [-0.2, -0.15) is 0 Å². The summed E-state index contributed by atoms with van der Waals surface area (Å²) < 4.78 is 12.5. The molecule has 0 N–H and O–H groups in total. The predicted octanol–water partition coefficient (Wildman–Crippen LogP) is 4.72. The quantitative estimate of drug-likeness (QED) is 0.166. The SMILES string of the molecule is C=CC(CCCCC)OC(CI)OCCCC. The fraction of sp³-hybridized carbons (Fsp3) is 0.857. The Kier molecular flexibility index (Phi) is 13.1. The molecule has 102 valence electrons. The van der Waals surface area contributed by atoms with Gasteiger partial charge in [0, 0.05) is 6.61 Å². The van der Waals surface area contributed by atoms with Crippen molar-refractivity contribution < 1.29 is 9.47 Å². The minimum atomic E-state index is -0.0771. The molecule has 0 heterocycles. The van der Waals surface area contributed by atoms with E-state index >= 15 is 0 Å². The third kappa shape index (κ3) is 10.0. The Bertz CT molecular complexity index is 174. The monoisotopic (exact) mass is 354 g/mol. The van der Waals surface area contributed by atoms with Gasteiger partial charge in [-0.05, 0) is 12.8 Å². The summed E-state index contributed by atoms with van der Waals surface area (Å²) >= 11 is 2.31. The predicted molar refractivity (Wildman–Crippen MR) is 82.7 cm³/mol. The third-order valence-electron chi connectivity index (χ3n) is 2.61. The molecule has 0 aromatic carbocycles. The first-order valence-electron chi connectivity index (χ1n) is 6.74. The first-order valence-corrected chi connectivity index (χ1v) is 8.26. The fourth-order valence-corrected chi connectivity index (χ4v) is 1.97. The minimum Gasteiger partial charge on any atom is -0.352 e. The lowest BCUT2D eigenvalue weighted by Gasteiger charge is -2.21. The van der Waals surface area contributed by atoms with Gasteiger partial charge in [0.25, 0.3) is 0 Å². The van der Waals surface area contributed by atoms with Gasteiger partial charge in [0.15, 0.2) is 6.29 Å². The van der Waals surface area contributed by atoms with Gasteiger partial charge in [-0.15, -0.1) is 6.58 Å². The van der Waals surface area contributed by atoms with Gasteiger partial charge in [-0.3, -0.25) is 0 Å². The van der Waals surface area contributed by atoms with Crippen molar-refractivity contribution >= 4 is 22.6 Å². The molecule has 0 fully saturated rings. The molecule has 0 radical (unpaired) electrons. The van der Waals surface area contributed by atoms with E-state index < -0.39 is 0 Å². The maximum atomic E-state index is 5.89. The van der Waals surface area contributed by atoms with Crippen molar-refractivity contribution in [3.05, 3.63) is 12.7 Å². The topological polar surface area (TPSA) is 18.5 Å². The standard InChI is InChI=1S/C14H27IO2/c1-4-7-9-10-13(6-3)17-14(12-15)16-11-8-5-2/h6,13-14H,3-5,7-12H2,1-2H3. The number of hydrogen-bond donors (Lipinski definition) is 0. The van der Waals surface area contributed by atoms with Gasteiger partial charge in [0.2, 0.25) is 0 Å². The van der Waals surface area contributed by atoms with E-state index in [2.05, 4.69) is 43.0 Å². The van der Waals surface area contributed by atoms with Gasteiger partial charge in [0.1, 0.15) is 0 Å². The zero-order chi connectivity index (χ0) is 12.9. The molecule has 0 saturated carbocycles. The van der Waals surface area contributed by atoms with Crippen molar-refractivity contribution in [1.29, 1.82) is 0 Å². The molecular formula is C14H27IO2. The maximum absolute atomic E-state index is 5.89. The first-order chi connectivity index (χ1) is 8.28. The van der Waals surface area contributed by atoms with Crippen molar-refractivity contribution in [3.63, 3.8) is 0 Å². The van der Waals surface area contributed by atoms with E-state index in [0.717, 1.165) is 30.3 Å². The molecule has 2 atom stereocenters. The average molecular weight is 354 g/mol. The molecule has 0 aliphatic carbocycles. The summed E-state index contributed by atoms with van der Waals surface area (Å²) in [5.74, 6) is 0. The number of hydrogen-bond acceptors (Lipinski definition) is 2. The second-order valence-corrected chi connectivity index (χ2v) is 5.10. The molecule has 0 spiro atoms. The lowest BCUT2D eigenvalue weighted by molar-refractivity contribution is -0.145. The lowest BCUT2D eigenvalue weighted by Crippen LogP contribution is -2.25. The van der Waals surface area contributed by atoms with E-state index in [-0.39, 0.29) is 12.4 Å². The van der Waals surface area contributed by atoms with Crippen LogP contribution in [0.5, 0.6) is 0 Å². The van der Waals surface area contributed by atoms with Gasteiger partial charge in [0.05, 0.1) is 10.5 Å². The van der Waals surface area contributed by atoms with E-state index in [9.17, 15) is 0 Å².